The number of hydrogen-bond acceptors (Lipinski definition) is 4. The maximum Gasteiger partial charge on any atom is 0.328 e. The van der Waals surface area contributed by atoms with Gasteiger partial charge >= 0.3 is 5.97 Å². The number of carbonyl (C=O) groups is 3. The molecular formula is C9H13N3O4. The zero-order valence-corrected chi connectivity index (χ0v) is 8.63. The van der Waals surface area contributed by atoms with Crippen LogP contribution in [0, 0.1) is 0 Å². The fourth-order valence-corrected chi connectivity index (χ4v) is 2.09. The first-order chi connectivity index (χ1) is 7.52. The van der Waals surface area contributed by atoms with Crippen LogP contribution in [-0.4, -0.2) is 51.5 Å². The first-order valence-electron chi connectivity index (χ1n) is 5.14. The summed E-state index contributed by atoms with van der Waals surface area (Å²) in [6.45, 7) is 0.272. The molecule has 2 aliphatic heterocycles. The molecule has 2 amide bonds. The van der Waals surface area contributed by atoms with Crippen LogP contribution in [0.2, 0.25) is 0 Å². The van der Waals surface area contributed by atoms with Gasteiger partial charge in [-0.25, -0.2) is 9.80 Å². The predicted molar refractivity (Wildman–Crippen MR) is 51.8 cm³/mol. The molecule has 2 rings (SSSR count). The lowest BCUT2D eigenvalue weighted by Crippen LogP contribution is -2.53. The number of amides is 2. The Balaban J connectivity index is 2.32. The molecule has 0 spiro atoms. The van der Waals surface area contributed by atoms with Crippen LogP contribution < -0.4 is 5.73 Å². The highest BCUT2D eigenvalue weighted by Crippen LogP contribution is 2.24. The third-order valence-corrected chi connectivity index (χ3v) is 2.95. The summed E-state index contributed by atoms with van der Waals surface area (Å²) >= 11 is 0. The van der Waals surface area contributed by atoms with E-state index < -0.39 is 24.0 Å². The Morgan fingerprint density at radius 3 is 2.69 bits per heavy atom. The second kappa shape index (κ2) is 3.75. The fourth-order valence-electron chi connectivity index (χ4n) is 2.09. The summed E-state index contributed by atoms with van der Waals surface area (Å²) in [4.78, 5) is 34.4. The smallest absolute Gasteiger partial charge is 0.328 e. The first kappa shape index (κ1) is 10.9. The van der Waals surface area contributed by atoms with Gasteiger partial charge < -0.3 is 10.8 Å². The van der Waals surface area contributed by atoms with E-state index in [0.29, 0.717) is 0 Å². The van der Waals surface area contributed by atoms with E-state index in [2.05, 4.69) is 0 Å². The van der Waals surface area contributed by atoms with Gasteiger partial charge in [0.05, 0.1) is 6.04 Å². The second-order valence-corrected chi connectivity index (χ2v) is 3.99. The standard InChI is InChI=1S/C9H13N3O4/c10-5-1-2-7(13)11-4-3-6(9(15)16)12(11)8(5)14/h5-6H,1-4,10H2,(H,15,16)/t5-,6-/m0/s1. The Kier molecular flexibility index (Phi) is 2.55. The van der Waals surface area contributed by atoms with E-state index in [1.807, 2.05) is 0 Å². The molecule has 0 unspecified atom stereocenters. The minimum absolute atomic E-state index is 0.190. The number of nitrogens with two attached hydrogens (primary N) is 1. The molecule has 0 saturated carbocycles. The van der Waals surface area contributed by atoms with E-state index >= 15 is 0 Å². The van der Waals surface area contributed by atoms with Crippen LogP contribution in [0.25, 0.3) is 0 Å². The lowest BCUT2D eigenvalue weighted by molar-refractivity contribution is -0.165. The van der Waals surface area contributed by atoms with Crippen molar-refractivity contribution in [2.24, 2.45) is 5.73 Å². The monoisotopic (exact) mass is 227 g/mol. The highest BCUT2D eigenvalue weighted by Gasteiger charge is 2.45. The number of fused-ring (bicyclic) bond motifs is 1. The molecule has 0 aromatic heterocycles. The quantitative estimate of drug-likeness (QED) is 0.569. The maximum atomic E-state index is 11.8. The molecule has 0 radical (unpaired) electrons. The van der Waals surface area contributed by atoms with Crippen molar-refractivity contribution in [2.45, 2.75) is 31.3 Å². The number of rotatable bonds is 1. The van der Waals surface area contributed by atoms with Gasteiger partial charge in [-0.05, 0) is 6.42 Å². The van der Waals surface area contributed by atoms with E-state index in [0.717, 1.165) is 5.01 Å². The molecule has 7 nitrogen and oxygen atoms in total. The van der Waals surface area contributed by atoms with Gasteiger partial charge in [0.15, 0.2) is 6.04 Å². The molecule has 3 N–H and O–H groups in total. The molecule has 2 heterocycles. The number of carboxylic acids is 1. The minimum Gasteiger partial charge on any atom is -0.480 e. The fraction of sp³-hybridized carbons (Fsp3) is 0.667. The summed E-state index contributed by atoms with van der Waals surface area (Å²) in [6, 6.07) is -1.74. The molecule has 0 aliphatic carbocycles. The summed E-state index contributed by atoms with van der Waals surface area (Å²) in [6.07, 6.45) is 0.728. The lowest BCUT2D eigenvalue weighted by Gasteiger charge is -2.29. The van der Waals surface area contributed by atoms with Gasteiger partial charge in [-0.2, -0.15) is 0 Å². The summed E-state index contributed by atoms with van der Waals surface area (Å²) in [5.41, 5.74) is 5.60. The first-order valence-corrected chi connectivity index (χ1v) is 5.14. The average molecular weight is 227 g/mol. The number of carboxylic acid groups (broad SMARTS) is 1. The number of hydrogen-bond donors (Lipinski definition) is 2. The number of hydrazine groups is 1. The van der Waals surface area contributed by atoms with E-state index in [1.165, 1.54) is 5.01 Å². The summed E-state index contributed by atoms with van der Waals surface area (Å²) in [5.74, 6) is -1.81. The van der Waals surface area contributed by atoms with Crippen LogP contribution in [-0.2, 0) is 14.4 Å². The van der Waals surface area contributed by atoms with Gasteiger partial charge in [-0.15, -0.1) is 0 Å². The highest BCUT2D eigenvalue weighted by atomic mass is 16.4. The van der Waals surface area contributed by atoms with Crippen molar-refractivity contribution in [1.82, 2.24) is 10.0 Å². The van der Waals surface area contributed by atoms with Crippen LogP contribution in [0.1, 0.15) is 19.3 Å². The Morgan fingerprint density at radius 2 is 2.06 bits per heavy atom. The van der Waals surface area contributed by atoms with Crippen LogP contribution in [0.15, 0.2) is 0 Å². The van der Waals surface area contributed by atoms with E-state index in [-0.39, 0.29) is 31.7 Å². The molecule has 2 saturated heterocycles. The van der Waals surface area contributed by atoms with Gasteiger partial charge in [0, 0.05) is 19.4 Å². The third kappa shape index (κ3) is 1.53. The average Bonchev–Trinajstić information content (AvgIpc) is 2.64. The van der Waals surface area contributed by atoms with Crippen molar-refractivity contribution in [2.75, 3.05) is 6.54 Å². The van der Waals surface area contributed by atoms with Gasteiger partial charge in [-0.3, -0.25) is 14.6 Å². The van der Waals surface area contributed by atoms with Crippen LogP contribution in [0.4, 0.5) is 0 Å². The largest absolute Gasteiger partial charge is 0.480 e. The van der Waals surface area contributed by atoms with Crippen molar-refractivity contribution >= 4 is 17.8 Å². The van der Waals surface area contributed by atoms with Crippen molar-refractivity contribution in [3.63, 3.8) is 0 Å². The van der Waals surface area contributed by atoms with E-state index in [4.69, 9.17) is 10.8 Å². The van der Waals surface area contributed by atoms with E-state index in [9.17, 15) is 14.4 Å². The van der Waals surface area contributed by atoms with Crippen molar-refractivity contribution in [3.8, 4) is 0 Å². The van der Waals surface area contributed by atoms with Gasteiger partial charge in [0.2, 0.25) is 5.91 Å². The van der Waals surface area contributed by atoms with Gasteiger partial charge in [0.1, 0.15) is 0 Å². The molecule has 88 valence electrons. The van der Waals surface area contributed by atoms with Crippen molar-refractivity contribution in [3.05, 3.63) is 0 Å². The zero-order valence-electron chi connectivity index (χ0n) is 8.63. The molecule has 0 aromatic rings. The highest BCUT2D eigenvalue weighted by molar-refractivity contribution is 5.92. The lowest BCUT2D eigenvalue weighted by atomic mass is 10.1. The molecular weight excluding hydrogens is 214 g/mol. The topological polar surface area (TPSA) is 104 Å². The normalized spacial score (nSPS) is 30.3. The molecule has 2 aliphatic rings. The Bertz CT molecular complexity index is 357. The van der Waals surface area contributed by atoms with Gasteiger partial charge in [0.25, 0.3) is 5.91 Å². The molecule has 0 bridgehead atoms. The maximum absolute atomic E-state index is 11.8. The zero-order chi connectivity index (χ0) is 11.9. The second-order valence-electron chi connectivity index (χ2n) is 3.99. The van der Waals surface area contributed by atoms with Crippen molar-refractivity contribution in [1.29, 1.82) is 0 Å². The third-order valence-electron chi connectivity index (χ3n) is 2.95. The summed E-state index contributed by atoms with van der Waals surface area (Å²) in [5, 5.41) is 11.2. The Morgan fingerprint density at radius 1 is 1.38 bits per heavy atom. The Labute approximate surface area is 91.8 Å². The number of aliphatic carboxylic acids is 1. The van der Waals surface area contributed by atoms with Crippen LogP contribution in [0.5, 0.6) is 0 Å². The number of carbonyl (C=O) groups excluding carboxylic acids is 2. The van der Waals surface area contributed by atoms with E-state index in [1.54, 1.807) is 0 Å². The predicted octanol–water partition coefficient (Wildman–Crippen LogP) is -1.46. The molecule has 7 heteroatoms. The van der Waals surface area contributed by atoms with Crippen LogP contribution >= 0.6 is 0 Å². The minimum atomic E-state index is -1.10. The summed E-state index contributed by atoms with van der Waals surface area (Å²) in [7, 11) is 0. The molecule has 2 atom stereocenters. The van der Waals surface area contributed by atoms with Crippen molar-refractivity contribution < 1.29 is 19.5 Å². The Hall–Kier alpha value is -1.63. The van der Waals surface area contributed by atoms with Crippen LogP contribution in [0.3, 0.4) is 0 Å². The summed E-state index contributed by atoms with van der Waals surface area (Å²) < 4.78 is 0. The SMILES string of the molecule is N[C@H]1CCC(=O)N2CC[C@@H](C(=O)O)N2C1=O. The molecule has 0 aromatic carbocycles. The molecule has 16 heavy (non-hydrogen) atoms. The number of nitrogens with zero attached hydrogens (tertiary/aromatic N) is 2. The molecule has 2 fully saturated rings. The van der Waals surface area contributed by atoms with Gasteiger partial charge in [-0.1, -0.05) is 0 Å².